The number of benzene rings is 1. The topological polar surface area (TPSA) is 37.3 Å². The molecule has 0 bridgehead atoms. The summed E-state index contributed by atoms with van der Waals surface area (Å²) in [5.41, 5.74) is 2.10. The van der Waals surface area contributed by atoms with Crippen LogP contribution in [0.4, 0.5) is 0 Å². The number of hydrogen-bond acceptors (Lipinski definition) is 2. The molecule has 1 aromatic rings. The van der Waals surface area contributed by atoms with Gasteiger partial charge in [0.2, 0.25) is 0 Å². The maximum absolute atomic E-state index is 10.8. The van der Waals surface area contributed by atoms with Crippen molar-refractivity contribution < 1.29 is 9.90 Å². The minimum atomic E-state index is -0.781. The molecular weight excluding hydrogens is 220 g/mol. The first-order valence-electron chi connectivity index (χ1n) is 5.47. The summed E-state index contributed by atoms with van der Waals surface area (Å²) < 4.78 is 0. The van der Waals surface area contributed by atoms with Gasteiger partial charge in [0, 0.05) is 0 Å². The molecule has 2 atom stereocenters. The van der Waals surface area contributed by atoms with E-state index in [-0.39, 0.29) is 0 Å². The van der Waals surface area contributed by atoms with Gasteiger partial charge in [-0.25, -0.2) is 0 Å². The minimum absolute atomic E-state index is 0.434. The van der Waals surface area contributed by atoms with E-state index in [1.165, 1.54) is 5.56 Å². The lowest BCUT2D eigenvalue weighted by molar-refractivity contribution is -0.138. The molecule has 2 unspecified atom stereocenters. The summed E-state index contributed by atoms with van der Waals surface area (Å²) in [7, 11) is 0. The Hall–Kier alpha value is -0.960. The summed E-state index contributed by atoms with van der Waals surface area (Å²) in [6.07, 6.45) is 0.991. The van der Waals surface area contributed by atoms with Crippen LogP contribution in [-0.4, -0.2) is 16.8 Å². The van der Waals surface area contributed by atoms with E-state index in [4.69, 9.17) is 5.11 Å². The van der Waals surface area contributed by atoms with Gasteiger partial charge in [-0.15, -0.1) is 0 Å². The third-order valence-electron chi connectivity index (χ3n) is 2.75. The summed E-state index contributed by atoms with van der Waals surface area (Å²) in [5.74, 6) is 0.201. The molecule has 0 radical (unpaired) electrons. The lowest BCUT2D eigenvalue weighted by atomic mass is 9.97. The van der Waals surface area contributed by atoms with Gasteiger partial charge >= 0.3 is 5.97 Å². The molecule has 0 spiro atoms. The van der Waals surface area contributed by atoms with Gasteiger partial charge in [-0.1, -0.05) is 31.2 Å². The fourth-order valence-electron chi connectivity index (χ4n) is 1.55. The summed E-state index contributed by atoms with van der Waals surface area (Å²) in [5, 5.41) is 8.88. The molecule has 1 rings (SSSR count). The van der Waals surface area contributed by atoms with Crippen LogP contribution in [0, 0.1) is 5.92 Å². The molecule has 0 heterocycles. The zero-order valence-electron chi connectivity index (χ0n) is 9.68. The third-order valence-corrected chi connectivity index (χ3v) is 3.37. The second-order valence-corrected chi connectivity index (χ2v) is 4.66. The Kier molecular flexibility index (Phi) is 4.87. The highest BCUT2D eigenvalue weighted by atomic mass is 32.1. The first-order chi connectivity index (χ1) is 7.54. The molecule has 88 valence electrons. The van der Waals surface area contributed by atoms with E-state index < -0.39 is 11.9 Å². The number of aliphatic carboxylic acids is 1. The van der Waals surface area contributed by atoms with Crippen LogP contribution in [0.3, 0.4) is 0 Å². The Bertz CT molecular complexity index is 345. The Morgan fingerprint density at radius 1 is 1.31 bits per heavy atom. The number of carbonyl (C=O) groups is 1. The average Bonchev–Trinajstić information content (AvgIpc) is 2.28. The zero-order valence-corrected chi connectivity index (χ0v) is 10.6. The molecule has 1 N–H and O–H groups in total. The zero-order chi connectivity index (χ0) is 12.1. The van der Waals surface area contributed by atoms with Crippen LogP contribution in [0.25, 0.3) is 0 Å². The largest absolute Gasteiger partial charge is 0.481 e. The quantitative estimate of drug-likeness (QED) is 0.774. The van der Waals surface area contributed by atoms with Gasteiger partial charge in [0.05, 0.1) is 5.92 Å². The molecule has 1 aromatic carbocycles. The van der Waals surface area contributed by atoms with E-state index >= 15 is 0 Å². The first-order valence-corrected chi connectivity index (χ1v) is 6.10. The second-order valence-electron chi connectivity index (χ2n) is 4.29. The number of hydrogen-bond donors (Lipinski definition) is 2. The van der Waals surface area contributed by atoms with Gasteiger partial charge in [0.15, 0.2) is 0 Å². The number of carboxylic acid groups (broad SMARTS) is 1. The molecule has 0 fully saturated rings. The van der Waals surface area contributed by atoms with Gasteiger partial charge < -0.3 is 5.11 Å². The molecule has 0 aromatic heterocycles. The van der Waals surface area contributed by atoms with Crippen molar-refractivity contribution in [2.24, 2.45) is 5.92 Å². The van der Waals surface area contributed by atoms with Crippen molar-refractivity contribution in [3.05, 3.63) is 35.4 Å². The highest BCUT2D eigenvalue weighted by Crippen LogP contribution is 2.17. The second kappa shape index (κ2) is 5.94. The molecule has 0 aliphatic rings. The van der Waals surface area contributed by atoms with E-state index in [9.17, 15) is 4.79 Å². The fourth-order valence-corrected chi connectivity index (χ4v) is 1.68. The lowest BCUT2D eigenvalue weighted by Crippen LogP contribution is -2.07. The maximum Gasteiger partial charge on any atom is 0.310 e. The van der Waals surface area contributed by atoms with Crippen molar-refractivity contribution in [3.63, 3.8) is 0 Å². The SMILES string of the molecule is CC(CS)Cc1ccc(C(C)C(=O)O)cc1. The van der Waals surface area contributed by atoms with Crippen molar-refractivity contribution in [1.82, 2.24) is 0 Å². The third kappa shape index (κ3) is 3.56. The van der Waals surface area contributed by atoms with Crippen molar-refractivity contribution in [2.75, 3.05) is 5.75 Å². The lowest BCUT2D eigenvalue weighted by Gasteiger charge is -2.10. The molecular formula is C13H18O2S. The predicted octanol–water partition coefficient (Wildman–Crippen LogP) is 2.98. The predicted molar refractivity (Wildman–Crippen MR) is 69.2 cm³/mol. The number of thiol groups is 1. The normalized spacial score (nSPS) is 14.4. The highest BCUT2D eigenvalue weighted by Gasteiger charge is 2.13. The van der Waals surface area contributed by atoms with Crippen molar-refractivity contribution in [3.8, 4) is 0 Å². The van der Waals surface area contributed by atoms with E-state index in [2.05, 4.69) is 19.6 Å². The van der Waals surface area contributed by atoms with E-state index in [1.54, 1.807) is 6.92 Å². The smallest absolute Gasteiger partial charge is 0.310 e. The number of rotatable bonds is 5. The van der Waals surface area contributed by atoms with Crippen LogP contribution in [0.2, 0.25) is 0 Å². The van der Waals surface area contributed by atoms with Gasteiger partial charge in [-0.3, -0.25) is 4.79 Å². The van der Waals surface area contributed by atoms with Crippen LogP contribution in [0.1, 0.15) is 30.9 Å². The van der Waals surface area contributed by atoms with Crippen LogP contribution in [0.15, 0.2) is 24.3 Å². The average molecular weight is 238 g/mol. The van der Waals surface area contributed by atoms with Crippen LogP contribution in [-0.2, 0) is 11.2 Å². The van der Waals surface area contributed by atoms with Crippen molar-refractivity contribution >= 4 is 18.6 Å². The van der Waals surface area contributed by atoms with Crippen LogP contribution in [0.5, 0.6) is 0 Å². The monoisotopic (exact) mass is 238 g/mol. The molecule has 0 saturated heterocycles. The van der Waals surface area contributed by atoms with Gasteiger partial charge in [0.1, 0.15) is 0 Å². The molecule has 3 heteroatoms. The molecule has 0 saturated carbocycles. The summed E-state index contributed by atoms with van der Waals surface area (Å²) in [4.78, 5) is 10.8. The standard InChI is InChI=1S/C13H18O2S/c1-9(8-16)7-11-3-5-12(6-4-11)10(2)13(14)15/h3-6,9-10,16H,7-8H2,1-2H3,(H,14,15). The van der Waals surface area contributed by atoms with Crippen LogP contribution >= 0.6 is 12.6 Å². The molecule has 0 aliphatic carbocycles. The summed E-state index contributed by atoms with van der Waals surface area (Å²) in [6.45, 7) is 3.86. The van der Waals surface area contributed by atoms with E-state index in [0.29, 0.717) is 5.92 Å². The van der Waals surface area contributed by atoms with Gasteiger partial charge in [-0.05, 0) is 36.1 Å². The first kappa shape index (κ1) is 13.1. The van der Waals surface area contributed by atoms with E-state index in [1.807, 2.05) is 24.3 Å². The van der Waals surface area contributed by atoms with Crippen molar-refractivity contribution in [2.45, 2.75) is 26.2 Å². The minimum Gasteiger partial charge on any atom is -0.481 e. The number of carboxylic acids is 1. The van der Waals surface area contributed by atoms with Gasteiger partial charge in [-0.2, -0.15) is 12.6 Å². The Balaban J connectivity index is 2.71. The van der Waals surface area contributed by atoms with Gasteiger partial charge in [0.25, 0.3) is 0 Å². The molecule has 0 aliphatic heterocycles. The summed E-state index contributed by atoms with van der Waals surface area (Å²) >= 11 is 4.25. The van der Waals surface area contributed by atoms with Crippen LogP contribution < -0.4 is 0 Å². The fraction of sp³-hybridized carbons (Fsp3) is 0.462. The van der Waals surface area contributed by atoms with E-state index in [0.717, 1.165) is 17.7 Å². The summed E-state index contributed by atoms with van der Waals surface area (Å²) in [6, 6.07) is 7.82. The maximum atomic E-state index is 10.8. The molecule has 16 heavy (non-hydrogen) atoms. The molecule has 0 amide bonds. The Morgan fingerprint density at radius 3 is 2.31 bits per heavy atom. The highest BCUT2D eigenvalue weighted by molar-refractivity contribution is 7.80. The Labute approximate surface area is 102 Å². The van der Waals surface area contributed by atoms with Crippen molar-refractivity contribution in [1.29, 1.82) is 0 Å². The molecule has 2 nitrogen and oxygen atoms in total. The Morgan fingerprint density at radius 2 is 1.88 bits per heavy atom.